The summed E-state index contributed by atoms with van der Waals surface area (Å²) in [5, 5.41) is 2.39. The molecule has 6 heteroatoms. The average molecular weight is 257 g/mol. The zero-order chi connectivity index (χ0) is 13.7. The Kier molecular flexibility index (Phi) is 5.03. The molecule has 0 saturated heterocycles. The number of nitrogens with one attached hydrogen (secondary N) is 1. The molecule has 0 heterocycles. The number of benzene rings is 1. The molecular weight excluding hydrogens is 240 g/mol. The van der Waals surface area contributed by atoms with Crippen LogP contribution < -0.4 is 11.1 Å². The number of hydrogen-bond donors (Lipinski definition) is 2. The first kappa shape index (κ1) is 14.4. The van der Waals surface area contributed by atoms with E-state index in [0.29, 0.717) is 13.1 Å². The lowest BCUT2D eigenvalue weighted by Crippen LogP contribution is -2.43. The molecule has 0 atom stereocenters. The van der Waals surface area contributed by atoms with Crippen molar-refractivity contribution in [3.63, 3.8) is 0 Å². The molecule has 0 saturated carbocycles. The first-order chi connectivity index (χ1) is 8.45. The summed E-state index contributed by atoms with van der Waals surface area (Å²) < 4.78 is 26.1. The van der Waals surface area contributed by atoms with Gasteiger partial charge < -0.3 is 16.0 Å². The normalized spacial score (nSPS) is 10.6. The van der Waals surface area contributed by atoms with Crippen molar-refractivity contribution in [2.45, 2.75) is 19.9 Å². The van der Waals surface area contributed by atoms with Crippen molar-refractivity contribution in [3.05, 3.63) is 29.8 Å². The third-order valence-corrected chi connectivity index (χ3v) is 2.43. The van der Waals surface area contributed by atoms with E-state index in [1.54, 1.807) is 0 Å². The third kappa shape index (κ3) is 3.66. The Hall–Kier alpha value is -1.69. The highest BCUT2D eigenvalue weighted by molar-refractivity contribution is 5.89. The number of rotatable bonds is 4. The van der Waals surface area contributed by atoms with Crippen LogP contribution >= 0.6 is 0 Å². The maximum atomic E-state index is 13.4. The molecular formula is C12H17F2N3O. The molecule has 0 aliphatic heterocycles. The maximum Gasteiger partial charge on any atom is 0.322 e. The van der Waals surface area contributed by atoms with Crippen LogP contribution in [0.4, 0.5) is 19.3 Å². The predicted molar refractivity (Wildman–Crippen MR) is 66.3 cm³/mol. The SMILES string of the molecule is CC(C)N(CCN)C(=O)Nc1ccc(F)cc1F. The molecule has 4 nitrogen and oxygen atoms in total. The molecule has 18 heavy (non-hydrogen) atoms. The van der Waals surface area contributed by atoms with E-state index in [-0.39, 0.29) is 11.7 Å². The van der Waals surface area contributed by atoms with E-state index in [9.17, 15) is 13.6 Å². The van der Waals surface area contributed by atoms with Gasteiger partial charge in [0.15, 0.2) is 0 Å². The number of urea groups is 1. The Morgan fingerprint density at radius 3 is 2.61 bits per heavy atom. The molecule has 3 N–H and O–H groups in total. The molecule has 0 radical (unpaired) electrons. The monoisotopic (exact) mass is 257 g/mol. The lowest BCUT2D eigenvalue weighted by Gasteiger charge is -2.26. The number of nitrogens with two attached hydrogens (primary N) is 1. The summed E-state index contributed by atoms with van der Waals surface area (Å²) in [7, 11) is 0. The van der Waals surface area contributed by atoms with Gasteiger partial charge in [-0.15, -0.1) is 0 Å². The number of amides is 2. The largest absolute Gasteiger partial charge is 0.329 e. The molecule has 0 aliphatic rings. The summed E-state index contributed by atoms with van der Waals surface area (Å²) in [5.74, 6) is -1.49. The lowest BCUT2D eigenvalue weighted by atomic mass is 10.3. The van der Waals surface area contributed by atoms with Crippen molar-refractivity contribution in [3.8, 4) is 0 Å². The summed E-state index contributed by atoms with van der Waals surface area (Å²) in [6.45, 7) is 4.34. The van der Waals surface area contributed by atoms with Crippen LogP contribution in [0.15, 0.2) is 18.2 Å². The molecule has 0 spiro atoms. The minimum Gasteiger partial charge on any atom is -0.329 e. The number of halogens is 2. The molecule has 1 rings (SSSR count). The molecule has 0 bridgehead atoms. The third-order valence-electron chi connectivity index (χ3n) is 2.43. The number of hydrogen-bond acceptors (Lipinski definition) is 2. The Balaban J connectivity index is 2.79. The van der Waals surface area contributed by atoms with Gasteiger partial charge in [0.2, 0.25) is 0 Å². The highest BCUT2D eigenvalue weighted by atomic mass is 19.1. The van der Waals surface area contributed by atoms with E-state index in [1.165, 1.54) is 11.0 Å². The van der Waals surface area contributed by atoms with Gasteiger partial charge in [0.05, 0.1) is 5.69 Å². The van der Waals surface area contributed by atoms with Gasteiger partial charge >= 0.3 is 6.03 Å². The minimum atomic E-state index is -0.806. The van der Waals surface area contributed by atoms with Crippen molar-refractivity contribution in [2.75, 3.05) is 18.4 Å². The van der Waals surface area contributed by atoms with Crippen LogP contribution in [0.5, 0.6) is 0 Å². The van der Waals surface area contributed by atoms with Crippen LogP contribution in [-0.2, 0) is 0 Å². The van der Waals surface area contributed by atoms with Gasteiger partial charge in [0.25, 0.3) is 0 Å². The second kappa shape index (κ2) is 6.30. The van der Waals surface area contributed by atoms with E-state index >= 15 is 0 Å². The van der Waals surface area contributed by atoms with Crippen molar-refractivity contribution < 1.29 is 13.6 Å². The van der Waals surface area contributed by atoms with Crippen LogP contribution in [0.1, 0.15) is 13.8 Å². The smallest absolute Gasteiger partial charge is 0.322 e. The molecule has 2 amide bonds. The van der Waals surface area contributed by atoms with E-state index in [4.69, 9.17) is 5.73 Å². The van der Waals surface area contributed by atoms with E-state index in [1.807, 2.05) is 13.8 Å². The second-order valence-corrected chi connectivity index (χ2v) is 4.13. The standard InChI is InChI=1S/C12H17F2N3O/c1-8(2)17(6-5-15)12(18)16-11-4-3-9(13)7-10(11)14/h3-4,7-8H,5-6,15H2,1-2H3,(H,16,18). The van der Waals surface area contributed by atoms with Gasteiger partial charge in [0.1, 0.15) is 11.6 Å². The topological polar surface area (TPSA) is 58.4 Å². The van der Waals surface area contributed by atoms with Gasteiger partial charge in [-0.05, 0) is 26.0 Å². The van der Waals surface area contributed by atoms with Crippen LogP contribution in [0.3, 0.4) is 0 Å². The van der Waals surface area contributed by atoms with E-state index in [2.05, 4.69) is 5.32 Å². The lowest BCUT2D eigenvalue weighted by molar-refractivity contribution is 0.199. The molecule has 1 aromatic rings. The zero-order valence-corrected chi connectivity index (χ0v) is 10.4. The predicted octanol–water partition coefficient (Wildman–Crippen LogP) is 2.17. The summed E-state index contributed by atoms with van der Waals surface area (Å²) in [4.78, 5) is 13.4. The van der Waals surface area contributed by atoms with Crippen molar-refractivity contribution >= 4 is 11.7 Å². The van der Waals surface area contributed by atoms with Crippen LogP contribution in [0.25, 0.3) is 0 Å². The fourth-order valence-electron chi connectivity index (χ4n) is 1.51. The highest BCUT2D eigenvalue weighted by Crippen LogP contribution is 2.15. The molecule has 0 unspecified atom stereocenters. The van der Waals surface area contributed by atoms with Gasteiger partial charge in [-0.2, -0.15) is 0 Å². The first-order valence-electron chi connectivity index (χ1n) is 5.68. The summed E-state index contributed by atoms with van der Waals surface area (Å²) in [6.07, 6.45) is 0. The summed E-state index contributed by atoms with van der Waals surface area (Å²) >= 11 is 0. The first-order valence-corrected chi connectivity index (χ1v) is 5.68. The fourth-order valence-corrected chi connectivity index (χ4v) is 1.51. The van der Waals surface area contributed by atoms with Crippen LogP contribution in [0.2, 0.25) is 0 Å². The Labute approximate surface area is 105 Å². The van der Waals surface area contributed by atoms with E-state index < -0.39 is 17.7 Å². The number of anilines is 1. The molecule has 1 aromatic carbocycles. The Morgan fingerprint density at radius 1 is 1.44 bits per heavy atom. The number of carbonyl (C=O) groups is 1. The Bertz CT molecular complexity index is 424. The molecule has 0 fully saturated rings. The quantitative estimate of drug-likeness (QED) is 0.868. The van der Waals surface area contributed by atoms with Crippen LogP contribution in [-0.4, -0.2) is 30.1 Å². The van der Waals surface area contributed by atoms with Gasteiger partial charge in [-0.3, -0.25) is 0 Å². The average Bonchev–Trinajstić information content (AvgIpc) is 2.29. The second-order valence-electron chi connectivity index (χ2n) is 4.13. The van der Waals surface area contributed by atoms with Crippen molar-refractivity contribution in [2.24, 2.45) is 5.73 Å². The summed E-state index contributed by atoms with van der Waals surface area (Å²) in [6, 6.07) is 2.47. The minimum absolute atomic E-state index is 0.0518. The highest BCUT2D eigenvalue weighted by Gasteiger charge is 2.17. The zero-order valence-electron chi connectivity index (χ0n) is 10.4. The van der Waals surface area contributed by atoms with Gasteiger partial charge in [-0.25, -0.2) is 13.6 Å². The van der Waals surface area contributed by atoms with Gasteiger partial charge in [-0.1, -0.05) is 0 Å². The van der Waals surface area contributed by atoms with Crippen LogP contribution in [0, 0.1) is 11.6 Å². The number of carbonyl (C=O) groups excluding carboxylic acids is 1. The molecule has 0 aliphatic carbocycles. The number of nitrogens with zero attached hydrogens (tertiary/aromatic N) is 1. The van der Waals surface area contributed by atoms with Gasteiger partial charge in [0, 0.05) is 25.2 Å². The maximum absolute atomic E-state index is 13.4. The summed E-state index contributed by atoms with van der Waals surface area (Å²) in [5.41, 5.74) is 5.35. The van der Waals surface area contributed by atoms with Crippen molar-refractivity contribution in [1.29, 1.82) is 0 Å². The fraction of sp³-hybridized carbons (Fsp3) is 0.417. The Morgan fingerprint density at radius 2 is 2.11 bits per heavy atom. The van der Waals surface area contributed by atoms with E-state index in [0.717, 1.165) is 12.1 Å². The molecule has 0 aromatic heterocycles. The molecule has 100 valence electrons. The van der Waals surface area contributed by atoms with Crippen molar-refractivity contribution in [1.82, 2.24) is 4.90 Å².